The number of halogens is 2. The van der Waals surface area contributed by atoms with E-state index in [1.54, 1.807) is 37.4 Å². The van der Waals surface area contributed by atoms with E-state index in [2.05, 4.69) is 0 Å². The normalized spacial score (nSPS) is 12.5. The van der Waals surface area contributed by atoms with E-state index >= 15 is 0 Å². The summed E-state index contributed by atoms with van der Waals surface area (Å²) >= 11 is 12.6. The zero-order valence-corrected chi connectivity index (χ0v) is 18.6. The molecule has 0 amide bonds. The number of pyridine rings is 1. The fraction of sp³-hybridized carbons (Fsp3) is 0.182. The molecule has 1 unspecified atom stereocenters. The lowest BCUT2D eigenvalue weighted by atomic mass is 9.86. The molecule has 0 saturated carbocycles. The number of hydrogen-bond donors (Lipinski definition) is 0. The van der Waals surface area contributed by atoms with Crippen molar-refractivity contribution in [1.82, 2.24) is 4.57 Å². The smallest absolute Gasteiger partial charge is 0.250 e. The highest BCUT2D eigenvalue weighted by atomic mass is 35.5. The van der Waals surface area contributed by atoms with E-state index in [-0.39, 0.29) is 22.7 Å². The molecule has 3 aromatic rings. The van der Waals surface area contributed by atoms with Crippen molar-refractivity contribution < 1.29 is 13.2 Å². The van der Waals surface area contributed by atoms with E-state index in [0.717, 1.165) is 11.8 Å². The van der Waals surface area contributed by atoms with Gasteiger partial charge >= 0.3 is 0 Å². The molecule has 0 aliphatic carbocycles. The molecule has 0 spiro atoms. The molecule has 0 aliphatic rings. The highest BCUT2D eigenvalue weighted by Crippen LogP contribution is 2.36. The van der Waals surface area contributed by atoms with Crippen LogP contribution in [0.4, 0.5) is 0 Å². The van der Waals surface area contributed by atoms with Crippen molar-refractivity contribution in [2.75, 3.05) is 6.26 Å². The maximum atomic E-state index is 13.0. The van der Waals surface area contributed by atoms with Gasteiger partial charge in [0.25, 0.3) is 0 Å². The van der Waals surface area contributed by atoms with Crippen molar-refractivity contribution in [3.8, 4) is 0 Å². The first-order valence-electron chi connectivity index (χ1n) is 9.01. The van der Waals surface area contributed by atoms with Crippen molar-refractivity contribution in [3.05, 3.63) is 97.9 Å². The van der Waals surface area contributed by atoms with Crippen LogP contribution >= 0.6 is 23.2 Å². The Morgan fingerprint density at radius 2 is 1.70 bits per heavy atom. The largest absolute Gasteiger partial charge is 0.318 e. The summed E-state index contributed by atoms with van der Waals surface area (Å²) < 4.78 is 24.9. The lowest BCUT2D eigenvalue weighted by Crippen LogP contribution is -2.17. The van der Waals surface area contributed by atoms with Crippen molar-refractivity contribution in [2.45, 2.75) is 17.2 Å². The molecule has 5 nitrogen and oxygen atoms in total. The van der Waals surface area contributed by atoms with Gasteiger partial charge in [-0.1, -0.05) is 35.3 Å². The van der Waals surface area contributed by atoms with E-state index < -0.39 is 15.8 Å². The van der Waals surface area contributed by atoms with Crippen LogP contribution in [0.2, 0.25) is 10.0 Å². The summed E-state index contributed by atoms with van der Waals surface area (Å²) in [5, 5.41) is 0.923. The van der Waals surface area contributed by atoms with Gasteiger partial charge in [-0.05, 0) is 47.5 Å². The number of benzene rings is 2. The number of sulfone groups is 1. The average Bonchev–Trinajstić information content (AvgIpc) is 2.69. The Hall–Kier alpha value is -2.41. The van der Waals surface area contributed by atoms with Crippen LogP contribution < -0.4 is 5.56 Å². The lowest BCUT2D eigenvalue weighted by molar-refractivity contribution is 0.0977. The number of nitrogens with zero attached hydrogens (tertiary/aromatic N) is 1. The Kier molecular flexibility index (Phi) is 6.50. The third-order valence-electron chi connectivity index (χ3n) is 4.84. The molecule has 0 N–H and O–H groups in total. The predicted octanol–water partition coefficient (Wildman–Crippen LogP) is 4.50. The quantitative estimate of drug-likeness (QED) is 0.504. The summed E-state index contributed by atoms with van der Waals surface area (Å²) in [6.07, 6.45) is 2.70. The molecule has 0 saturated heterocycles. The highest BCUT2D eigenvalue weighted by Gasteiger charge is 2.23. The monoisotopic (exact) mass is 463 g/mol. The van der Waals surface area contributed by atoms with Crippen LogP contribution in [0.5, 0.6) is 0 Å². The first-order chi connectivity index (χ1) is 14.1. The van der Waals surface area contributed by atoms with Gasteiger partial charge in [0.05, 0.1) is 4.90 Å². The molecule has 2 aromatic carbocycles. The molecular formula is C22H19Cl2NO4S. The summed E-state index contributed by atoms with van der Waals surface area (Å²) in [7, 11) is -1.77. The summed E-state index contributed by atoms with van der Waals surface area (Å²) in [6, 6.07) is 14.2. The van der Waals surface area contributed by atoms with E-state index in [0.29, 0.717) is 21.2 Å². The molecule has 1 heterocycles. The van der Waals surface area contributed by atoms with E-state index in [1.165, 1.54) is 35.0 Å². The fourth-order valence-corrected chi connectivity index (χ4v) is 4.26. The number of carbonyl (C=O) groups is 1. The first kappa shape index (κ1) is 22.3. The fourth-order valence-electron chi connectivity index (χ4n) is 3.20. The Morgan fingerprint density at radius 1 is 1.03 bits per heavy atom. The summed E-state index contributed by atoms with van der Waals surface area (Å²) in [4.78, 5) is 24.8. The van der Waals surface area contributed by atoms with E-state index in [1.807, 2.05) is 0 Å². The van der Waals surface area contributed by atoms with Gasteiger partial charge in [-0.3, -0.25) is 9.59 Å². The van der Waals surface area contributed by atoms with Crippen LogP contribution in [0.1, 0.15) is 33.8 Å². The van der Waals surface area contributed by atoms with E-state index in [4.69, 9.17) is 23.2 Å². The van der Waals surface area contributed by atoms with Gasteiger partial charge in [0.1, 0.15) is 0 Å². The number of carbonyl (C=O) groups excluding carboxylic acids is 1. The third kappa shape index (κ3) is 5.01. The number of rotatable bonds is 6. The lowest BCUT2D eigenvalue weighted by Gasteiger charge is -2.20. The third-order valence-corrected chi connectivity index (χ3v) is 6.55. The maximum absolute atomic E-state index is 13.0. The molecule has 156 valence electrons. The first-order valence-corrected chi connectivity index (χ1v) is 11.7. The Morgan fingerprint density at radius 3 is 2.30 bits per heavy atom. The zero-order valence-electron chi connectivity index (χ0n) is 16.3. The number of Topliss-reactive ketones (excluding diaryl/α,β-unsaturated/α-hetero) is 1. The summed E-state index contributed by atoms with van der Waals surface area (Å²) in [5.41, 5.74) is 1.57. The van der Waals surface area contributed by atoms with Gasteiger partial charge in [0, 0.05) is 53.5 Å². The predicted molar refractivity (Wildman–Crippen MR) is 118 cm³/mol. The highest BCUT2D eigenvalue weighted by molar-refractivity contribution is 7.90. The van der Waals surface area contributed by atoms with Crippen LogP contribution in [-0.4, -0.2) is 25.0 Å². The average molecular weight is 464 g/mol. The van der Waals surface area contributed by atoms with Crippen LogP contribution in [-0.2, 0) is 16.9 Å². The minimum Gasteiger partial charge on any atom is -0.318 e. The number of aromatic nitrogens is 1. The van der Waals surface area contributed by atoms with Gasteiger partial charge in [0.15, 0.2) is 15.6 Å². The van der Waals surface area contributed by atoms with E-state index in [9.17, 15) is 18.0 Å². The maximum Gasteiger partial charge on any atom is 0.250 e. The minimum atomic E-state index is -3.35. The molecule has 0 fully saturated rings. The van der Waals surface area contributed by atoms with Crippen molar-refractivity contribution in [1.29, 1.82) is 0 Å². The zero-order chi connectivity index (χ0) is 22.1. The van der Waals surface area contributed by atoms with Crippen LogP contribution in [0.15, 0.2) is 70.5 Å². The van der Waals surface area contributed by atoms with Crippen molar-refractivity contribution in [2.24, 2.45) is 7.05 Å². The molecule has 8 heteroatoms. The second kappa shape index (κ2) is 8.76. The van der Waals surface area contributed by atoms with Crippen LogP contribution in [0.3, 0.4) is 0 Å². The molecule has 1 atom stereocenters. The topological polar surface area (TPSA) is 73.2 Å². The van der Waals surface area contributed by atoms with Gasteiger partial charge < -0.3 is 4.57 Å². The number of ketones is 1. The van der Waals surface area contributed by atoms with Crippen LogP contribution in [0.25, 0.3) is 0 Å². The SMILES string of the molecule is Cn1cc(C(=O)CC(c2ccc(S(C)(=O)=O)cc2)c2cc(Cl)ccc2Cl)ccc1=O. The molecule has 3 rings (SSSR count). The van der Waals surface area contributed by atoms with Crippen molar-refractivity contribution >= 4 is 38.8 Å². The van der Waals surface area contributed by atoms with Gasteiger partial charge in [-0.2, -0.15) is 0 Å². The number of aryl methyl sites for hydroxylation is 1. The van der Waals surface area contributed by atoms with Gasteiger partial charge in [-0.25, -0.2) is 8.42 Å². The Balaban J connectivity index is 2.05. The number of hydrogen-bond acceptors (Lipinski definition) is 4. The minimum absolute atomic E-state index is 0.0660. The molecule has 0 radical (unpaired) electrons. The van der Waals surface area contributed by atoms with Gasteiger partial charge in [-0.15, -0.1) is 0 Å². The molecule has 30 heavy (non-hydrogen) atoms. The summed E-state index contributed by atoms with van der Waals surface area (Å²) in [5.74, 6) is -0.631. The molecule has 0 bridgehead atoms. The second-order valence-corrected chi connectivity index (χ2v) is 9.91. The summed E-state index contributed by atoms with van der Waals surface area (Å²) in [6.45, 7) is 0. The van der Waals surface area contributed by atoms with Crippen molar-refractivity contribution in [3.63, 3.8) is 0 Å². The Bertz CT molecular complexity index is 1270. The standard InChI is InChI=1S/C22H19Cl2NO4S/c1-25-13-15(5-10-22(25)27)21(26)12-18(19-11-16(23)6-9-20(19)24)14-3-7-17(8-4-14)30(2,28)29/h3-11,13,18H,12H2,1-2H3. The Labute approximate surface area is 184 Å². The molecule has 1 aromatic heterocycles. The molecular weight excluding hydrogens is 445 g/mol. The van der Waals surface area contributed by atoms with Crippen LogP contribution in [0, 0.1) is 0 Å². The van der Waals surface area contributed by atoms with Gasteiger partial charge in [0.2, 0.25) is 5.56 Å². The second-order valence-electron chi connectivity index (χ2n) is 7.05. The molecule has 0 aliphatic heterocycles.